The molecule has 2 atom stereocenters. The summed E-state index contributed by atoms with van der Waals surface area (Å²) in [6.07, 6.45) is 1.03. The van der Waals surface area contributed by atoms with Crippen molar-refractivity contribution in [2.75, 3.05) is 18.1 Å². The number of allylic oxidation sites excluding steroid dienone is 1. The smallest absolute Gasteiger partial charge is 0.338 e. The molecule has 4 N–H and O–H groups in total. The predicted molar refractivity (Wildman–Crippen MR) is 158 cm³/mol. The van der Waals surface area contributed by atoms with E-state index in [1.165, 1.54) is 4.90 Å². The lowest BCUT2D eigenvalue weighted by molar-refractivity contribution is -0.139. The molecular formula is C27H26N6O6S2. The topological polar surface area (TPSA) is 150 Å². The third kappa shape index (κ3) is 6.73. The number of para-hydroxylation sites is 2. The number of anilines is 1. The van der Waals surface area contributed by atoms with Gasteiger partial charge in [-0.25, -0.2) is 10.2 Å². The molecule has 0 bridgehead atoms. The Labute approximate surface area is 246 Å². The van der Waals surface area contributed by atoms with Gasteiger partial charge in [-0.3, -0.25) is 19.3 Å². The summed E-state index contributed by atoms with van der Waals surface area (Å²) in [4.78, 5) is 51.8. The monoisotopic (exact) mass is 594 g/mol. The lowest BCUT2D eigenvalue weighted by Crippen LogP contribution is -2.58. The van der Waals surface area contributed by atoms with E-state index in [-0.39, 0.29) is 11.7 Å². The predicted octanol–water partition coefficient (Wildman–Crippen LogP) is 1.59. The Morgan fingerprint density at radius 2 is 1.78 bits per heavy atom. The Kier molecular flexibility index (Phi) is 9.37. The molecule has 0 aromatic heterocycles. The number of carbonyl (C=O) groups excluding carboxylic acids is 4. The van der Waals surface area contributed by atoms with E-state index in [1.807, 2.05) is 0 Å². The maximum absolute atomic E-state index is 13.0. The number of rotatable bonds is 9. The summed E-state index contributed by atoms with van der Waals surface area (Å²) < 4.78 is 11.0. The van der Waals surface area contributed by atoms with Crippen molar-refractivity contribution in [1.82, 2.24) is 21.4 Å². The van der Waals surface area contributed by atoms with E-state index in [2.05, 4.69) is 26.5 Å². The van der Waals surface area contributed by atoms with Gasteiger partial charge in [0.25, 0.3) is 11.8 Å². The molecular weight excluding hydrogens is 568 g/mol. The fourth-order valence-corrected chi connectivity index (χ4v) is 4.73. The van der Waals surface area contributed by atoms with Gasteiger partial charge in [-0.2, -0.15) is 5.10 Å². The lowest BCUT2D eigenvalue weighted by Gasteiger charge is -2.30. The minimum absolute atomic E-state index is 0.0490. The molecule has 2 heterocycles. The van der Waals surface area contributed by atoms with Crippen LogP contribution >= 0.6 is 24.4 Å². The van der Waals surface area contributed by atoms with Gasteiger partial charge in [0, 0.05) is 17.5 Å². The van der Waals surface area contributed by atoms with Crippen LogP contribution in [0.5, 0.6) is 5.75 Å². The fraction of sp³-hybridized carbons (Fsp3) is 0.222. The van der Waals surface area contributed by atoms with Crippen LogP contribution < -0.4 is 31.0 Å². The van der Waals surface area contributed by atoms with Gasteiger partial charge in [0.05, 0.1) is 23.9 Å². The summed E-state index contributed by atoms with van der Waals surface area (Å²) in [7, 11) is 0. The van der Waals surface area contributed by atoms with Gasteiger partial charge >= 0.3 is 5.97 Å². The van der Waals surface area contributed by atoms with Crippen molar-refractivity contribution in [3.8, 4) is 5.75 Å². The van der Waals surface area contributed by atoms with Crippen LogP contribution in [0.4, 0.5) is 5.69 Å². The first kappa shape index (κ1) is 29.3. The molecule has 212 valence electrons. The summed E-state index contributed by atoms with van der Waals surface area (Å²) in [5.41, 5.74) is 4.15. The molecule has 41 heavy (non-hydrogen) atoms. The summed E-state index contributed by atoms with van der Waals surface area (Å²) in [6, 6.07) is 14.8. The van der Waals surface area contributed by atoms with Crippen molar-refractivity contribution in [1.29, 1.82) is 0 Å². The minimum atomic E-state index is -1.31. The third-order valence-corrected chi connectivity index (χ3v) is 6.49. The van der Waals surface area contributed by atoms with Crippen molar-refractivity contribution in [2.24, 2.45) is 11.0 Å². The molecule has 2 aliphatic heterocycles. The zero-order chi connectivity index (χ0) is 29.5. The molecule has 12 nitrogen and oxygen atoms in total. The van der Waals surface area contributed by atoms with Crippen molar-refractivity contribution in [3.05, 3.63) is 71.4 Å². The van der Waals surface area contributed by atoms with Crippen LogP contribution in [-0.2, 0) is 23.9 Å². The average molecular weight is 595 g/mol. The van der Waals surface area contributed by atoms with Gasteiger partial charge < -0.3 is 25.4 Å². The van der Waals surface area contributed by atoms with Crippen LogP contribution in [0.2, 0.25) is 0 Å². The Morgan fingerprint density at radius 1 is 1.07 bits per heavy atom. The largest absolute Gasteiger partial charge is 0.483 e. The Morgan fingerprint density at radius 3 is 2.51 bits per heavy atom. The van der Waals surface area contributed by atoms with E-state index in [9.17, 15) is 19.2 Å². The summed E-state index contributed by atoms with van der Waals surface area (Å²) >= 11 is 10.4. The van der Waals surface area contributed by atoms with Crippen molar-refractivity contribution < 1.29 is 28.7 Å². The highest BCUT2D eigenvalue weighted by Crippen LogP contribution is 2.33. The Balaban J connectivity index is 1.42. The van der Waals surface area contributed by atoms with Crippen LogP contribution in [-0.4, -0.2) is 53.3 Å². The van der Waals surface area contributed by atoms with Crippen LogP contribution in [0.25, 0.3) is 0 Å². The van der Waals surface area contributed by atoms with Gasteiger partial charge in [-0.1, -0.05) is 36.4 Å². The Bertz CT molecular complexity index is 1460. The molecule has 2 aromatic rings. The van der Waals surface area contributed by atoms with Crippen LogP contribution in [0.1, 0.15) is 25.5 Å². The number of carbonyl (C=O) groups is 4. The molecule has 3 amide bonds. The van der Waals surface area contributed by atoms with Crippen LogP contribution in [0, 0.1) is 5.92 Å². The minimum Gasteiger partial charge on any atom is -0.483 e. The molecule has 14 heteroatoms. The van der Waals surface area contributed by atoms with E-state index in [1.54, 1.807) is 68.4 Å². The molecule has 2 aliphatic rings. The molecule has 0 unspecified atom stereocenters. The molecule has 2 aromatic carbocycles. The van der Waals surface area contributed by atoms with E-state index in [0.717, 1.165) is 6.21 Å². The Hall–Kier alpha value is -4.69. The number of benzene rings is 2. The van der Waals surface area contributed by atoms with Crippen molar-refractivity contribution in [2.45, 2.75) is 19.9 Å². The van der Waals surface area contributed by atoms with Gasteiger partial charge in [-0.15, -0.1) is 0 Å². The second-order valence-electron chi connectivity index (χ2n) is 8.71. The standard InChI is InChI=1S/C27H26N6O6S2/c1-3-38-25(37)21-15(2)29-26(40)30-22(21)17-11-7-8-12-19(17)39-14-20(34)32-28-13-18-23(35)31-27(41)33(24(18)36)16-9-5-4-6-10-16/h4-13,18,22H,3,14H2,1-2H3,(H,32,34)(H2,29,30,40)(H,31,35,41)/t18-,22+/m0/s1. The quantitative estimate of drug-likeness (QED) is 0.111. The average Bonchev–Trinajstić information content (AvgIpc) is 2.94. The van der Waals surface area contributed by atoms with E-state index in [4.69, 9.17) is 33.9 Å². The van der Waals surface area contributed by atoms with Crippen molar-refractivity contribution in [3.63, 3.8) is 0 Å². The maximum atomic E-state index is 13.0. The number of esters is 1. The van der Waals surface area contributed by atoms with E-state index < -0.39 is 42.3 Å². The number of nitrogens with zero attached hydrogens (tertiary/aromatic N) is 2. The normalized spacial score (nSPS) is 18.9. The molecule has 1 saturated heterocycles. The van der Waals surface area contributed by atoms with E-state index >= 15 is 0 Å². The first-order valence-electron chi connectivity index (χ1n) is 12.4. The second-order valence-corrected chi connectivity index (χ2v) is 9.51. The summed E-state index contributed by atoms with van der Waals surface area (Å²) in [5, 5.41) is 12.5. The highest BCUT2D eigenvalue weighted by molar-refractivity contribution is 7.80. The van der Waals surface area contributed by atoms with Gasteiger partial charge in [0.15, 0.2) is 22.7 Å². The van der Waals surface area contributed by atoms with E-state index in [0.29, 0.717) is 33.4 Å². The molecule has 0 saturated carbocycles. The fourth-order valence-electron chi connectivity index (χ4n) is 4.16. The van der Waals surface area contributed by atoms with Gasteiger partial charge in [-0.05, 0) is 56.5 Å². The molecule has 0 radical (unpaired) electrons. The number of hydrazone groups is 1. The molecule has 0 aliphatic carbocycles. The van der Waals surface area contributed by atoms with Crippen molar-refractivity contribution >= 4 is 70.3 Å². The van der Waals surface area contributed by atoms with Crippen LogP contribution in [0.15, 0.2) is 71.0 Å². The highest BCUT2D eigenvalue weighted by atomic mass is 32.1. The molecule has 4 rings (SSSR count). The highest BCUT2D eigenvalue weighted by Gasteiger charge is 2.38. The van der Waals surface area contributed by atoms with Gasteiger partial charge in [0.1, 0.15) is 5.75 Å². The number of amides is 3. The number of hydrogen-bond acceptors (Lipinski definition) is 9. The number of hydrogen-bond donors (Lipinski definition) is 4. The third-order valence-electron chi connectivity index (χ3n) is 5.98. The molecule has 0 spiro atoms. The number of thiocarbonyl (C=S) groups is 2. The first-order valence-corrected chi connectivity index (χ1v) is 13.3. The van der Waals surface area contributed by atoms with Gasteiger partial charge in [0.2, 0.25) is 5.91 Å². The first-order chi connectivity index (χ1) is 19.7. The van der Waals surface area contributed by atoms with Crippen LogP contribution in [0.3, 0.4) is 0 Å². The zero-order valence-corrected chi connectivity index (χ0v) is 23.6. The summed E-state index contributed by atoms with van der Waals surface area (Å²) in [6.45, 7) is 3.16. The lowest BCUT2D eigenvalue weighted by atomic mass is 9.95. The second kappa shape index (κ2) is 13.1. The molecule has 1 fully saturated rings. The zero-order valence-electron chi connectivity index (χ0n) is 22.0. The SMILES string of the molecule is CCOC(=O)C1=C(C)NC(=S)N[C@@H]1c1ccccc1OCC(=O)NN=C[C@H]1C(=O)NC(=S)N(c2ccccc2)C1=O. The maximum Gasteiger partial charge on any atom is 0.338 e. The number of ether oxygens (including phenoxy) is 2. The summed E-state index contributed by atoms with van der Waals surface area (Å²) in [5.74, 6) is -3.44. The number of nitrogens with one attached hydrogen (secondary N) is 4.